The van der Waals surface area contributed by atoms with E-state index >= 15 is 0 Å². The van der Waals surface area contributed by atoms with Gasteiger partial charge < -0.3 is 9.47 Å². The lowest BCUT2D eigenvalue weighted by Crippen LogP contribution is -2.43. The number of rotatable bonds is 5. The molecule has 1 amide bonds. The monoisotopic (exact) mass is 412 g/mol. The van der Waals surface area contributed by atoms with Crippen molar-refractivity contribution in [3.63, 3.8) is 0 Å². The van der Waals surface area contributed by atoms with Gasteiger partial charge in [0.05, 0.1) is 11.3 Å². The van der Waals surface area contributed by atoms with Gasteiger partial charge in [-0.1, -0.05) is 23.9 Å². The highest BCUT2D eigenvalue weighted by molar-refractivity contribution is 7.99. The van der Waals surface area contributed by atoms with Gasteiger partial charge in [-0.2, -0.15) is 13.2 Å². The van der Waals surface area contributed by atoms with Crippen LogP contribution in [0.2, 0.25) is 0 Å². The van der Waals surface area contributed by atoms with Crippen molar-refractivity contribution in [2.75, 3.05) is 18.8 Å². The predicted molar refractivity (Wildman–Crippen MR) is 96.8 cm³/mol. The molecule has 1 aromatic heterocycles. The Morgan fingerprint density at radius 1 is 1.32 bits per heavy atom. The zero-order valence-corrected chi connectivity index (χ0v) is 16.0. The second kappa shape index (κ2) is 8.34. The molecule has 6 nitrogen and oxygen atoms in total. The fourth-order valence-corrected chi connectivity index (χ4v) is 3.91. The third kappa shape index (κ3) is 4.73. The second-order valence-corrected chi connectivity index (χ2v) is 7.58. The first-order chi connectivity index (χ1) is 13.3. The number of alkyl halides is 3. The molecule has 10 heteroatoms. The summed E-state index contributed by atoms with van der Waals surface area (Å²) in [6, 6.07) is 4.45. The maximum absolute atomic E-state index is 12.9. The van der Waals surface area contributed by atoms with Gasteiger partial charge in [0.25, 0.3) is 0 Å². The SMILES string of the molecule is Cn1cnnc1SCC(=O)N1CCC[C@@H](C(=O)c2cccc(C(F)(F)F)c2)C1. The van der Waals surface area contributed by atoms with E-state index in [0.29, 0.717) is 24.5 Å². The quantitative estimate of drug-likeness (QED) is 0.558. The molecule has 2 aromatic rings. The van der Waals surface area contributed by atoms with Crippen molar-refractivity contribution in [2.24, 2.45) is 13.0 Å². The molecule has 1 atom stereocenters. The van der Waals surface area contributed by atoms with Gasteiger partial charge in [-0.15, -0.1) is 10.2 Å². The number of hydrogen-bond donors (Lipinski definition) is 0. The molecule has 2 heterocycles. The lowest BCUT2D eigenvalue weighted by Gasteiger charge is -2.32. The van der Waals surface area contributed by atoms with Crippen LogP contribution in [0.3, 0.4) is 0 Å². The molecule has 3 rings (SSSR count). The summed E-state index contributed by atoms with van der Waals surface area (Å²) in [5.74, 6) is -0.822. The molecule has 0 unspecified atom stereocenters. The number of halogens is 3. The van der Waals surface area contributed by atoms with E-state index < -0.39 is 17.7 Å². The molecule has 0 saturated carbocycles. The third-order valence-electron chi connectivity index (χ3n) is 4.61. The van der Waals surface area contributed by atoms with Gasteiger partial charge in [0.1, 0.15) is 6.33 Å². The molecule has 0 bridgehead atoms. The number of hydrogen-bond acceptors (Lipinski definition) is 5. The molecular weight excluding hydrogens is 393 g/mol. The molecule has 0 spiro atoms. The third-order valence-corrected chi connectivity index (χ3v) is 5.63. The van der Waals surface area contributed by atoms with E-state index in [9.17, 15) is 22.8 Å². The molecule has 0 radical (unpaired) electrons. The average Bonchev–Trinajstić information content (AvgIpc) is 3.10. The standard InChI is InChI=1S/C18H19F3N4O2S/c1-24-11-22-23-17(24)28-10-15(26)25-7-3-5-13(9-25)16(27)12-4-2-6-14(8-12)18(19,20)21/h2,4,6,8,11,13H,3,5,7,9-10H2,1H3/t13-/m1/s1. The maximum Gasteiger partial charge on any atom is 0.416 e. The van der Waals surface area contributed by atoms with Gasteiger partial charge >= 0.3 is 6.18 Å². The number of ketones is 1. The Morgan fingerprint density at radius 3 is 2.79 bits per heavy atom. The number of aryl methyl sites for hydroxylation is 1. The van der Waals surface area contributed by atoms with Crippen LogP contribution in [-0.4, -0.2) is 50.2 Å². The molecular formula is C18H19F3N4O2S. The van der Waals surface area contributed by atoms with Crippen LogP contribution in [0.4, 0.5) is 13.2 Å². The Bertz CT molecular complexity index is 869. The highest BCUT2D eigenvalue weighted by Crippen LogP contribution is 2.31. The zero-order chi connectivity index (χ0) is 20.3. The average molecular weight is 412 g/mol. The lowest BCUT2D eigenvalue weighted by atomic mass is 9.89. The van der Waals surface area contributed by atoms with Crippen LogP contribution in [0.25, 0.3) is 0 Å². The fraction of sp³-hybridized carbons (Fsp3) is 0.444. The van der Waals surface area contributed by atoms with Crippen molar-refractivity contribution < 1.29 is 22.8 Å². The van der Waals surface area contributed by atoms with Crippen LogP contribution in [0.1, 0.15) is 28.8 Å². The van der Waals surface area contributed by atoms with Crippen LogP contribution >= 0.6 is 11.8 Å². The Hall–Kier alpha value is -2.36. The Balaban J connectivity index is 1.63. The highest BCUT2D eigenvalue weighted by atomic mass is 32.2. The minimum Gasteiger partial charge on any atom is -0.341 e. The van der Waals surface area contributed by atoms with Crippen molar-refractivity contribution in [3.05, 3.63) is 41.7 Å². The fourth-order valence-electron chi connectivity index (χ4n) is 3.12. The van der Waals surface area contributed by atoms with Crippen molar-refractivity contribution in [1.29, 1.82) is 0 Å². The Kier molecular flexibility index (Phi) is 6.07. The minimum absolute atomic E-state index is 0.0302. The molecule has 1 aliphatic rings. The van der Waals surface area contributed by atoms with E-state index in [4.69, 9.17) is 0 Å². The molecule has 0 N–H and O–H groups in total. The van der Waals surface area contributed by atoms with Crippen LogP contribution in [0.5, 0.6) is 0 Å². The molecule has 1 fully saturated rings. The van der Waals surface area contributed by atoms with Crippen LogP contribution < -0.4 is 0 Å². The first kappa shape index (κ1) is 20.4. The van der Waals surface area contributed by atoms with Crippen LogP contribution in [-0.2, 0) is 18.0 Å². The number of carbonyl (C=O) groups is 2. The molecule has 1 aliphatic heterocycles. The normalized spacial score (nSPS) is 17.6. The number of nitrogens with zero attached hydrogens (tertiary/aromatic N) is 4. The van der Waals surface area contributed by atoms with Gasteiger partial charge in [-0.3, -0.25) is 9.59 Å². The van der Waals surface area contributed by atoms with Crippen molar-refractivity contribution in [3.8, 4) is 0 Å². The topological polar surface area (TPSA) is 68.1 Å². The van der Waals surface area contributed by atoms with Crippen LogP contribution in [0, 0.1) is 5.92 Å². The van der Waals surface area contributed by atoms with Crippen molar-refractivity contribution >= 4 is 23.5 Å². The summed E-state index contributed by atoms with van der Waals surface area (Å²) in [6.07, 6.45) is -1.77. The smallest absolute Gasteiger partial charge is 0.341 e. The molecule has 150 valence electrons. The van der Waals surface area contributed by atoms with Gasteiger partial charge in [-0.25, -0.2) is 0 Å². The summed E-state index contributed by atoms with van der Waals surface area (Å²) >= 11 is 1.25. The number of benzene rings is 1. The minimum atomic E-state index is -4.50. The molecule has 28 heavy (non-hydrogen) atoms. The van der Waals surface area contributed by atoms with E-state index in [0.717, 1.165) is 12.1 Å². The number of Topliss-reactive ketones (excluding diaryl/α,β-unsaturated/α-hetero) is 1. The summed E-state index contributed by atoms with van der Waals surface area (Å²) < 4.78 is 40.4. The highest BCUT2D eigenvalue weighted by Gasteiger charge is 2.33. The number of thioether (sulfide) groups is 1. The Morgan fingerprint density at radius 2 is 2.11 bits per heavy atom. The van der Waals surface area contributed by atoms with Gasteiger partial charge in [0.15, 0.2) is 10.9 Å². The van der Waals surface area contributed by atoms with E-state index in [1.54, 1.807) is 16.5 Å². The van der Waals surface area contributed by atoms with Gasteiger partial charge in [0.2, 0.25) is 5.91 Å². The summed E-state index contributed by atoms with van der Waals surface area (Å²) in [6.45, 7) is 0.748. The van der Waals surface area contributed by atoms with Gasteiger partial charge in [0, 0.05) is 31.6 Å². The largest absolute Gasteiger partial charge is 0.416 e. The lowest BCUT2D eigenvalue weighted by molar-refractivity contribution is -0.137. The molecule has 0 aliphatic carbocycles. The van der Waals surface area contributed by atoms with Crippen LogP contribution in [0.15, 0.2) is 35.7 Å². The van der Waals surface area contributed by atoms with Gasteiger partial charge in [-0.05, 0) is 25.0 Å². The van der Waals surface area contributed by atoms with E-state index in [2.05, 4.69) is 10.2 Å². The second-order valence-electron chi connectivity index (χ2n) is 6.63. The summed E-state index contributed by atoms with van der Waals surface area (Å²) in [7, 11) is 1.78. The summed E-state index contributed by atoms with van der Waals surface area (Å²) in [5, 5.41) is 8.26. The zero-order valence-electron chi connectivity index (χ0n) is 15.1. The van der Waals surface area contributed by atoms with Crippen molar-refractivity contribution in [1.82, 2.24) is 19.7 Å². The molecule has 1 saturated heterocycles. The maximum atomic E-state index is 12.9. The first-order valence-corrected chi connectivity index (χ1v) is 9.70. The Labute approximate surface area is 164 Å². The van der Waals surface area contributed by atoms with Crippen molar-refractivity contribution in [2.45, 2.75) is 24.2 Å². The van der Waals surface area contributed by atoms with E-state index in [1.165, 1.54) is 30.2 Å². The summed E-state index contributed by atoms with van der Waals surface area (Å²) in [4.78, 5) is 26.8. The number of carbonyl (C=O) groups excluding carboxylic acids is 2. The summed E-state index contributed by atoms with van der Waals surface area (Å²) in [5.41, 5.74) is -0.815. The number of piperidine rings is 1. The number of amides is 1. The molecule has 1 aromatic carbocycles. The predicted octanol–water partition coefficient (Wildman–Crippen LogP) is 3.05. The number of aromatic nitrogens is 3. The number of likely N-dealkylation sites (tertiary alicyclic amines) is 1. The van der Waals surface area contributed by atoms with E-state index in [1.807, 2.05) is 0 Å². The van der Waals surface area contributed by atoms with E-state index in [-0.39, 0.29) is 29.6 Å². The first-order valence-electron chi connectivity index (χ1n) is 8.71.